The number of rotatable bonds is 1. The average molecular weight is 227 g/mol. The molecular weight excluding hydrogens is 216 g/mol. The normalized spacial score (nSPS) is 34.3. The lowest BCUT2D eigenvalue weighted by Gasteiger charge is -2.41. The monoisotopic (exact) mass is 226 g/mol. The van der Waals surface area contributed by atoms with E-state index >= 15 is 0 Å². The van der Waals surface area contributed by atoms with Gasteiger partial charge in [-0.2, -0.15) is 0 Å². The zero-order valence-corrected chi connectivity index (χ0v) is 8.29. The molecule has 1 aromatic carbocycles. The van der Waals surface area contributed by atoms with Gasteiger partial charge in [0, 0.05) is 4.83 Å². The summed E-state index contributed by atoms with van der Waals surface area (Å²) in [6, 6.07) is 9.87. The summed E-state index contributed by atoms with van der Waals surface area (Å²) in [5.74, 6) is 0. The van der Waals surface area contributed by atoms with Gasteiger partial charge in [0.2, 0.25) is 0 Å². The molecule has 0 heterocycles. The Morgan fingerprint density at radius 1 is 1.25 bits per heavy atom. The summed E-state index contributed by atoms with van der Waals surface area (Å²) in [6.07, 6.45) is 1.66. The lowest BCUT2D eigenvalue weighted by molar-refractivity contribution is -0.0320. The van der Waals surface area contributed by atoms with E-state index in [1.807, 2.05) is 30.3 Å². The second-order valence-corrected chi connectivity index (χ2v) is 4.70. The number of alkyl halides is 1. The van der Waals surface area contributed by atoms with Gasteiger partial charge in [0.15, 0.2) is 0 Å². The van der Waals surface area contributed by atoms with E-state index in [2.05, 4.69) is 15.9 Å². The summed E-state index contributed by atoms with van der Waals surface area (Å²) in [6.45, 7) is 0. The molecule has 0 saturated heterocycles. The van der Waals surface area contributed by atoms with Gasteiger partial charge in [0.25, 0.3) is 0 Å². The molecule has 64 valence electrons. The molecule has 12 heavy (non-hydrogen) atoms. The SMILES string of the molecule is OC1(c2ccccc2)CC(Br)C1. The van der Waals surface area contributed by atoms with Crippen molar-refractivity contribution in [2.24, 2.45) is 0 Å². The van der Waals surface area contributed by atoms with Gasteiger partial charge in [-0.15, -0.1) is 0 Å². The number of aliphatic hydroxyl groups is 1. The third kappa shape index (κ3) is 1.29. The number of benzene rings is 1. The molecule has 0 spiro atoms. The average Bonchev–Trinajstić information content (AvgIpc) is 2.04. The van der Waals surface area contributed by atoms with E-state index in [1.54, 1.807) is 0 Å². The minimum Gasteiger partial charge on any atom is -0.385 e. The van der Waals surface area contributed by atoms with Crippen LogP contribution in [0.1, 0.15) is 18.4 Å². The molecule has 0 radical (unpaired) electrons. The molecule has 0 aromatic heterocycles. The second-order valence-electron chi connectivity index (χ2n) is 3.40. The van der Waals surface area contributed by atoms with Gasteiger partial charge in [-0.25, -0.2) is 0 Å². The highest BCUT2D eigenvalue weighted by Gasteiger charge is 2.42. The minimum absolute atomic E-state index is 0.489. The zero-order chi connectivity index (χ0) is 8.60. The van der Waals surface area contributed by atoms with E-state index in [1.165, 1.54) is 0 Å². The first-order valence-corrected chi connectivity index (χ1v) is 5.04. The van der Waals surface area contributed by atoms with Gasteiger partial charge in [0.05, 0.1) is 5.60 Å². The van der Waals surface area contributed by atoms with Crippen LogP contribution < -0.4 is 0 Å². The van der Waals surface area contributed by atoms with Gasteiger partial charge < -0.3 is 5.11 Å². The Hall–Kier alpha value is -0.340. The summed E-state index contributed by atoms with van der Waals surface area (Å²) in [5.41, 5.74) is 0.482. The Kier molecular flexibility index (Phi) is 1.97. The molecule has 1 aliphatic carbocycles. The van der Waals surface area contributed by atoms with Crippen LogP contribution in [0, 0.1) is 0 Å². The molecular formula is C10H11BrO. The van der Waals surface area contributed by atoms with Gasteiger partial charge in [-0.1, -0.05) is 46.3 Å². The van der Waals surface area contributed by atoms with Crippen molar-refractivity contribution in [2.75, 3.05) is 0 Å². The molecule has 1 saturated carbocycles. The second kappa shape index (κ2) is 2.86. The molecule has 0 amide bonds. The van der Waals surface area contributed by atoms with Crippen LogP contribution in [0.15, 0.2) is 30.3 Å². The first-order valence-electron chi connectivity index (χ1n) is 4.13. The van der Waals surface area contributed by atoms with Crippen molar-refractivity contribution >= 4 is 15.9 Å². The van der Waals surface area contributed by atoms with E-state index in [-0.39, 0.29) is 0 Å². The Morgan fingerprint density at radius 2 is 1.83 bits per heavy atom. The highest BCUT2D eigenvalue weighted by atomic mass is 79.9. The number of hydrogen-bond donors (Lipinski definition) is 1. The minimum atomic E-state index is -0.560. The van der Waals surface area contributed by atoms with E-state index in [9.17, 15) is 5.11 Å². The summed E-state index contributed by atoms with van der Waals surface area (Å²) in [5, 5.41) is 10.0. The standard InChI is InChI=1S/C10H11BrO/c11-9-6-10(12,7-9)8-4-2-1-3-5-8/h1-5,9,12H,6-7H2. The smallest absolute Gasteiger partial charge is 0.0917 e. The fraction of sp³-hybridized carbons (Fsp3) is 0.400. The largest absolute Gasteiger partial charge is 0.385 e. The van der Waals surface area contributed by atoms with Crippen LogP contribution in [0.4, 0.5) is 0 Å². The molecule has 1 aromatic rings. The van der Waals surface area contributed by atoms with Crippen molar-refractivity contribution in [3.63, 3.8) is 0 Å². The first-order chi connectivity index (χ1) is 5.71. The Balaban J connectivity index is 2.21. The zero-order valence-electron chi connectivity index (χ0n) is 6.70. The molecule has 1 fully saturated rings. The maximum atomic E-state index is 10.0. The van der Waals surface area contributed by atoms with Crippen LogP contribution in [0.25, 0.3) is 0 Å². The summed E-state index contributed by atoms with van der Waals surface area (Å²) < 4.78 is 0. The Labute approximate surface area is 80.5 Å². The van der Waals surface area contributed by atoms with E-state index in [0.717, 1.165) is 18.4 Å². The Bertz CT molecular complexity index is 264. The van der Waals surface area contributed by atoms with Crippen molar-refractivity contribution in [1.29, 1.82) is 0 Å². The van der Waals surface area contributed by atoms with E-state index in [4.69, 9.17) is 0 Å². The molecule has 2 heteroatoms. The predicted molar refractivity (Wildman–Crippen MR) is 52.3 cm³/mol. The molecule has 1 aliphatic rings. The van der Waals surface area contributed by atoms with Crippen LogP contribution in [-0.4, -0.2) is 9.93 Å². The van der Waals surface area contributed by atoms with E-state index < -0.39 is 5.60 Å². The molecule has 2 rings (SSSR count). The fourth-order valence-electron chi connectivity index (χ4n) is 1.66. The quantitative estimate of drug-likeness (QED) is 0.730. The maximum Gasteiger partial charge on any atom is 0.0917 e. The number of halogens is 1. The fourth-order valence-corrected chi connectivity index (χ4v) is 2.73. The van der Waals surface area contributed by atoms with Gasteiger partial charge >= 0.3 is 0 Å². The lowest BCUT2D eigenvalue weighted by atomic mass is 9.75. The Morgan fingerprint density at radius 3 is 2.33 bits per heavy atom. The maximum absolute atomic E-state index is 10.0. The third-order valence-electron chi connectivity index (χ3n) is 2.43. The summed E-state index contributed by atoms with van der Waals surface area (Å²) in [7, 11) is 0. The third-order valence-corrected chi connectivity index (χ3v) is 3.08. The number of hydrogen-bond acceptors (Lipinski definition) is 1. The van der Waals surface area contributed by atoms with Gasteiger partial charge in [-0.3, -0.25) is 0 Å². The first kappa shape index (κ1) is 8.27. The van der Waals surface area contributed by atoms with Crippen LogP contribution >= 0.6 is 15.9 Å². The van der Waals surface area contributed by atoms with Crippen molar-refractivity contribution in [2.45, 2.75) is 23.3 Å². The lowest BCUT2D eigenvalue weighted by Crippen LogP contribution is -2.41. The van der Waals surface area contributed by atoms with E-state index in [0.29, 0.717) is 4.83 Å². The highest BCUT2D eigenvalue weighted by Crippen LogP contribution is 2.44. The van der Waals surface area contributed by atoms with Crippen LogP contribution in [0.3, 0.4) is 0 Å². The summed E-state index contributed by atoms with van der Waals surface area (Å²) >= 11 is 3.47. The predicted octanol–water partition coefficient (Wildman–Crippen LogP) is 2.43. The molecule has 1 N–H and O–H groups in total. The topological polar surface area (TPSA) is 20.2 Å². The highest BCUT2D eigenvalue weighted by molar-refractivity contribution is 9.09. The van der Waals surface area contributed by atoms with Gasteiger partial charge in [-0.05, 0) is 18.4 Å². The molecule has 0 bridgehead atoms. The van der Waals surface area contributed by atoms with Crippen molar-refractivity contribution in [3.8, 4) is 0 Å². The summed E-state index contributed by atoms with van der Waals surface area (Å²) in [4.78, 5) is 0.489. The van der Waals surface area contributed by atoms with Crippen LogP contribution in [0.5, 0.6) is 0 Å². The molecule has 0 aliphatic heterocycles. The van der Waals surface area contributed by atoms with Crippen molar-refractivity contribution < 1.29 is 5.11 Å². The van der Waals surface area contributed by atoms with Gasteiger partial charge in [0.1, 0.15) is 0 Å². The molecule has 1 nitrogen and oxygen atoms in total. The molecule has 0 unspecified atom stereocenters. The van der Waals surface area contributed by atoms with Crippen molar-refractivity contribution in [1.82, 2.24) is 0 Å². The molecule has 0 atom stereocenters. The van der Waals surface area contributed by atoms with Crippen LogP contribution in [0.2, 0.25) is 0 Å². The van der Waals surface area contributed by atoms with Crippen LogP contribution in [-0.2, 0) is 5.60 Å². The van der Waals surface area contributed by atoms with Crippen molar-refractivity contribution in [3.05, 3.63) is 35.9 Å².